The quantitative estimate of drug-likeness (QED) is 0.625. The van der Waals surface area contributed by atoms with Crippen LogP contribution in [0.3, 0.4) is 0 Å². The minimum atomic E-state index is -0.264. The van der Waals surface area contributed by atoms with E-state index < -0.39 is 0 Å². The van der Waals surface area contributed by atoms with E-state index >= 15 is 0 Å². The number of ether oxygens (including phenoxy) is 2. The molecule has 4 nitrogen and oxygen atoms in total. The molecule has 2 heterocycles. The summed E-state index contributed by atoms with van der Waals surface area (Å²) in [4.78, 5) is 16.0. The summed E-state index contributed by atoms with van der Waals surface area (Å²) >= 11 is 0. The Morgan fingerprint density at radius 1 is 1.24 bits per heavy atom. The molecule has 0 aliphatic carbocycles. The lowest BCUT2D eigenvalue weighted by molar-refractivity contribution is 0.0500. The zero-order valence-corrected chi connectivity index (χ0v) is 11.7. The van der Waals surface area contributed by atoms with Crippen LogP contribution in [-0.4, -0.2) is 24.2 Å². The van der Waals surface area contributed by atoms with E-state index in [9.17, 15) is 4.79 Å². The zero-order valence-electron chi connectivity index (χ0n) is 11.7. The molecule has 2 aromatic rings. The second-order valence-corrected chi connectivity index (χ2v) is 5.02. The van der Waals surface area contributed by atoms with Crippen LogP contribution in [-0.2, 0) is 17.6 Å². The van der Waals surface area contributed by atoms with Gasteiger partial charge in [0.1, 0.15) is 5.75 Å². The van der Waals surface area contributed by atoms with Crippen LogP contribution >= 0.6 is 0 Å². The van der Waals surface area contributed by atoms with Crippen molar-refractivity contribution in [3.8, 4) is 5.75 Å². The molecule has 3 rings (SSSR count). The highest BCUT2D eigenvalue weighted by molar-refractivity contribution is 5.89. The summed E-state index contributed by atoms with van der Waals surface area (Å²) in [7, 11) is 0. The predicted octanol–water partition coefficient (Wildman–Crippen LogP) is 2.81. The van der Waals surface area contributed by atoms with Gasteiger partial charge in [0.25, 0.3) is 0 Å². The van der Waals surface area contributed by atoms with Gasteiger partial charge in [-0.15, -0.1) is 0 Å². The monoisotopic (exact) mass is 283 g/mol. The number of aromatic nitrogens is 1. The Hall–Kier alpha value is -2.36. The number of aryl methyl sites for hydroxylation is 1. The van der Waals surface area contributed by atoms with Gasteiger partial charge in [-0.25, -0.2) is 4.79 Å². The van der Waals surface area contributed by atoms with Gasteiger partial charge in [-0.1, -0.05) is 0 Å². The van der Waals surface area contributed by atoms with Crippen LogP contribution in [0.15, 0.2) is 42.7 Å². The lowest BCUT2D eigenvalue weighted by atomic mass is 10.1. The average Bonchev–Trinajstić information content (AvgIpc) is 3.00. The molecule has 108 valence electrons. The third kappa shape index (κ3) is 3.40. The predicted molar refractivity (Wildman–Crippen MR) is 78.5 cm³/mol. The van der Waals surface area contributed by atoms with E-state index in [4.69, 9.17) is 9.47 Å². The van der Waals surface area contributed by atoms with Gasteiger partial charge in [-0.3, -0.25) is 4.98 Å². The van der Waals surface area contributed by atoms with E-state index in [1.165, 1.54) is 5.56 Å². The van der Waals surface area contributed by atoms with E-state index in [0.717, 1.165) is 30.6 Å². The highest BCUT2D eigenvalue weighted by Crippen LogP contribution is 2.26. The smallest absolute Gasteiger partial charge is 0.338 e. The van der Waals surface area contributed by atoms with Crippen molar-refractivity contribution < 1.29 is 14.3 Å². The highest BCUT2D eigenvalue weighted by atomic mass is 16.5. The molecular weight excluding hydrogens is 266 g/mol. The number of pyridine rings is 1. The Morgan fingerprint density at radius 3 is 2.95 bits per heavy atom. The fourth-order valence-electron chi connectivity index (χ4n) is 2.39. The number of hydrogen-bond donors (Lipinski definition) is 0. The fourth-order valence-corrected chi connectivity index (χ4v) is 2.39. The molecule has 0 N–H and O–H groups in total. The lowest BCUT2D eigenvalue weighted by Crippen LogP contribution is -2.07. The number of esters is 1. The lowest BCUT2D eigenvalue weighted by Gasteiger charge is -2.06. The summed E-state index contributed by atoms with van der Waals surface area (Å²) in [6, 6.07) is 9.42. The van der Waals surface area contributed by atoms with Crippen LogP contribution in [0, 0.1) is 0 Å². The largest absolute Gasteiger partial charge is 0.493 e. The molecule has 21 heavy (non-hydrogen) atoms. The summed E-state index contributed by atoms with van der Waals surface area (Å²) in [5.41, 5.74) is 2.89. The van der Waals surface area contributed by atoms with Gasteiger partial charge >= 0.3 is 5.97 Å². The van der Waals surface area contributed by atoms with Gasteiger partial charge in [0, 0.05) is 18.8 Å². The first kappa shape index (κ1) is 13.6. The van der Waals surface area contributed by atoms with Crippen LogP contribution in [0.1, 0.15) is 27.9 Å². The van der Waals surface area contributed by atoms with Crippen molar-refractivity contribution in [1.82, 2.24) is 4.98 Å². The first-order chi connectivity index (χ1) is 10.3. The highest BCUT2D eigenvalue weighted by Gasteiger charge is 2.15. The number of benzene rings is 1. The number of nitrogens with zero attached hydrogens (tertiary/aromatic N) is 1. The van der Waals surface area contributed by atoms with Crippen LogP contribution in [0.5, 0.6) is 5.75 Å². The van der Waals surface area contributed by atoms with Crippen molar-refractivity contribution in [3.05, 3.63) is 59.4 Å². The average molecular weight is 283 g/mol. The minimum absolute atomic E-state index is 0.264. The first-order valence-corrected chi connectivity index (χ1v) is 7.15. The van der Waals surface area contributed by atoms with Gasteiger partial charge in [0.2, 0.25) is 0 Å². The van der Waals surface area contributed by atoms with E-state index in [-0.39, 0.29) is 5.97 Å². The molecule has 0 saturated heterocycles. The van der Waals surface area contributed by atoms with E-state index in [0.29, 0.717) is 18.8 Å². The van der Waals surface area contributed by atoms with Crippen LogP contribution < -0.4 is 4.74 Å². The number of fused-ring (bicyclic) bond motifs is 1. The molecule has 1 aromatic heterocycles. The van der Waals surface area contributed by atoms with Crippen LogP contribution in [0.4, 0.5) is 0 Å². The molecule has 1 aromatic carbocycles. The van der Waals surface area contributed by atoms with E-state index in [2.05, 4.69) is 4.98 Å². The Labute approximate surface area is 123 Å². The maximum absolute atomic E-state index is 12.0. The molecule has 0 amide bonds. The molecule has 0 radical (unpaired) electrons. The number of carbonyl (C=O) groups is 1. The Balaban J connectivity index is 1.48. The van der Waals surface area contributed by atoms with Crippen molar-refractivity contribution in [3.63, 3.8) is 0 Å². The standard InChI is InChI=1S/C17H17NO3/c19-17(15-3-4-16-14(12-15)7-11-20-16)21-10-1-2-13-5-8-18-9-6-13/h3-6,8-9,12H,1-2,7,10-11H2. The number of rotatable bonds is 5. The van der Waals surface area contributed by atoms with E-state index in [1.54, 1.807) is 18.5 Å². The second kappa shape index (κ2) is 6.39. The first-order valence-electron chi connectivity index (χ1n) is 7.15. The van der Waals surface area contributed by atoms with Crippen molar-refractivity contribution in [2.24, 2.45) is 0 Å². The van der Waals surface area contributed by atoms with Crippen LogP contribution in [0.25, 0.3) is 0 Å². The van der Waals surface area contributed by atoms with Crippen molar-refractivity contribution in [2.45, 2.75) is 19.3 Å². The Kier molecular flexibility index (Phi) is 4.15. The molecule has 0 fully saturated rings. The maximum Gasteiger partial charge on any atom is 0.338 e. The minimum Gasteiger partial charge on any atom is -0.493 e. The Bertz CT molecular complexity index is 625. The molecule has 0 unspecified atom stereocenters. The molecule has 1 aliphatic heterocycles. The number of hydrogen-bond acceptors (Lipinski definition) is 4. The normalized spacial score (nSPS) is 12.6. The van der Waals surface area contributed by atoms with Gasteiger partial charge in [-0.05, 0) is 54.3 Å². The van der Waals surface area contributed by atoms with Gasteiger partial charge in [-0.2, -0.15) is 0 Å². The van der Waals surface area contributed by atoms with Gasteiger partial charge in [0.05, 0.1) is 18.8 Å². The summed E-state index contributed by atoms with van der Waals surface area (Å²) in [5.74, 6) is 0.615. The summed E-state index contributed by atoms with van der Waals surface area (Å²) in [6.45, 7) is 1.12. The third-order valence-corrected chi connectivity index (χ3v) is 3.52. The molecule has 0 bridgehead atoms. The van der Waals surface area contributed by atoms with Gasteiger partial charge < -0.3 is 9.47 Å². The molecular formula is C17H17NO3. The van der Waals surface area contributed by atoms with Crippen molar-refractivity contribution in [2.75, 3.05) is 13.2 Å². The fraction of sp³-hybridized carbons (Fsp3) is 0.294. The summed E-state index contributed by atoms with van der Waals surface area (Å²) in [6.07, 6.45) is 6.10. The molecule has 1 aliphatic rings. The molecule has 4 heteroatoms. The maximum atomic E-state index is 12.0. The second-order valence-electron chi connectivity index (χ2n) is 5.02. The third-order valence-electron chi connectivity index (χ3n) is 3.52. The van der Waals surface area contributed by atoms with Crippen molar-refractivity contribution in [1.29, 1.82) is 0 Å². The number of carbonyl (C=O) groups excluding carboxylic acids is 1. The molecule has 0 saturated carbocycles. The van der Waals surface area contributed by atoms with E-state index in [1.807, 2.05) is 24.3 Å². The zero-order chi connectivity index (χ0) is 14.5. The summed E-state index contributed by atoms with van der Waals surface area (Å²) in [5, 5.41) is 0. The topological polar surface area (TPSA) is 48.4 Å². The molecule has 0 spiro atoms. The van der Waals surface area contributed by atoms with Crippen molar-refractivity contribution >= 4 is 5.97 Å². The Morgan fingerprint density at radius 2 is 2.10 bits per heavy atom. The van der Waals surface area contributed by atoms with Gasteiger partial charge in [0.15, 0.2) is 0 Å². The SMILES string of the molecule is O=C(OCCCc1ccncc1)c1ccc2c(c1)CCO2. The summed E-state index contributed by atoms with van der Waals surface area (Å²) < 4.78 is 10.7. The van der Waals surface area contributed by atoms with Crippen LogP contribution in [0.2, 0.25) is 0 Å². The molecule has 0 atom stereocenters.